The van der Waals surface area contributed by atoms with Crippen LogP contribution in [-0.4, -0.2) is 16.6 Å². The summed E-state index contributed by atoms with van der Waals surface area (Å²) in [6.07, 6.45) is -3.01. The summed E-state index contributed by atoms with van der Waals surface area (Å²) in [6, 6.07) is 14.1. The van der Waals surface area contributed by atoms with Gasteiger partial charge in [0.05, 0.1) is 17.9 Å². The van der Waals surface area contributed by atoms with Gasteiger partial charge in [-0.15, -0.1) is 0 Å². The Bertz CT molecular complexity index is 898. The fraction of sp³-hybridized carbons (Fsp3) is 0.158. The van der Waals surface area contributed by atoms with E-state index in [4.69, 9.17) is 4.74 Å². The minimum Gasteiger partial charge on any atom is -0.494 e. The molecule has 5 nitrogen and oxygen atoms in total. The van der Waals surface area contributed by atoms with Crippen LogP contribution < -0.4 is 15.4 Å². The van der Waals surface area contributed by atoms with Gasteiger partial charge in [0.25, 0.3) is 0 Å². The van der Waals surface area contributed by atoms with Crippen molar-refractivity contribution in [2.75, 3.05) is 17.2 Å². The summed E-state index contributed by atoms with van der Waals surface area (Å²) in [7, 11) is 0. The SMILES string of the molecule is CCOc1ccc(Nc2ccnc(Nc3ccccc3C(F)(F)F)n2)cc1. The number of rotatable bonds is 6. The zero-order chi connectivity index (χ0) is 19.3. The Labute approximate surface area is 154 Å². The minimum atomic E-state index is -4.47. The number of anilines is 4. The number of nitrogens with zero attached hydrogens (tertiary/aromatic N) is 2. The first-order chi connectivity index (χ1) is 13.0. The van der Waals surface area contributed by atoms with Gasteiger partial charge in [0.15, 0.2) is 0 Å². The summed E-state index contributed by atoms with van der Waals surface area (Å²) in [5, 5.41) is 5.70. The van der Waals surface area contributed by atoms with Crippen LogP contribution in [0.4, 0.5) is 36.3 Å². The van der Waals surface area contributed by atoms with E-state index in [1.54, 1.807) is 6.07 Å². The van der Waals surface area contributed by atoms with Crippen LogP contribution in [0.15, 0.2) is 60.8 Å². The predicted molar refractivity (Wildman–Crippen MR) is 97.7 cm³/mol. The molecular weight excluding hydrogens is 357 g/mol. The summed E-state index contributed by atoms with van der Waals surface area (Å²) in [5.74, 6) is 1.25. The predicted octanol–water partition coefficient (Wildman–Crippen LogP) is 5.38. The lowest BCUT2D eigenvalue weighted by Gasteiger charge is -2.14. The van der Waals surface area contributed by atoms with Crippen LogP contribution in [0.3, 0.4) is 0 Å². The molecule has 2 aromatic carbocycles. The van der Waals surface area contributed by atoms with Gasteiger partial charge in [-0.05, 0) is 49.4 Å². The second-order valence-electron chi connectivity index (χ2n) is 5.52. The standard InChI is InChI=1S/C19H17F3N4O/c1-2-27-14-9-7-13(8-10-14)24-17-11-12-23-18(26-17)25-16-6-4-3-5-15(16)19(20,21)22/h3-12H,2H2,1H3,(H2,23,24,25,26). The van der Waals surface area contributed by atoms with Crippen LogP contribution in [0.2, 0.25) is 0 Å². The van der Waals surface area contributed by atoms with E-state index in [0.29, 0.717) is 12.4 Å². The van der Waals surface area contributed by atoms with E-state index in [0.717, 1.165) is 17.5 Å². The lowest BCUT2D eigenvalue weighted by molar-refractivity contribution is -0.136. The summed E-state index contributed by atoms with van der Waals surface area (Å²) in [4.78, 5) is 8.20. The molecule has 1 aromatic heterocycles. The topological polar surface area (TPSA) is 59.1 Å². The maximum absolute atomic E-state index is 13.1. The molecular formula is C19H17F3N4O. The van der Waals surface area contributed by atoms with E-state index < -0.39 is 11.7 Å². The fourth-order valence-electron chi connectivity index (χ4n) is 2.40. The minimum absolute atomic E-state index is 0.0580. The van der Waals surface area contributed by atoms with Gasteiger partial charge < -0.3 is 15.4 Å². The molecule has 0 amide bonds. The molecule has 0 bridgehead atoms. The van der Waals surface area contributed by atoms with Crippen LogP contribution in [0.1, 0.15) is 12.5 Å². The van der Waals surface area contributed by atoms with Crippen LogP contribution in [0, 0.1) is 0 Å². The summed E-state index contributed by atoms with van der Waals surface area (Å²) < 4.78 is 44.7. The molecule has 0 aliphatic heterocycles. The molecule has 0 fully saturated rings. The molecule has 140 valence electrons. The molecule has 8 heteroatoms. The number of alkyl halides is 3. The Hall–Kier alpha value is -3.29. The molecule has 0 aliphatic rings. The highest BCUT2D eigenvalue weighted by molar-refractivity contribution is 5.62. The maximum Gasteiger partial charge on any atom is 0.418 e. The van der Waals surface area contributed by atoms with Crippen molar-refractivity contribution in [3.63, 3.8) is 0 Å². The molecule has 3 rings (SSSR count). The van der Waals surface area contributed by atoms with Crippen LogP contribution in [-0.2, 0) is 6.18 Å². The van der Waals surface area contributed by atoms with E-state index in [9.17, 15) is 13.2 Å². The van der Waals surface area contributed by atoms with Crippen molar-refractivity contribution in [1.82, 2.24) is 9.97 Å². The van der Waals surface area contributed by atoms with Gasteiger partial charge in [-0.2, -0.15) is 18.2 Å². The number of aromatic nitrogens is 2. The second kappa shape index (κ2) is 7.94. The molecule has 0 saturated heterocycles. The Morgan fingerprint density at radius 1 is 0.963 bits per heavy atom. The van der Waals surface area contributed by atoms with Crippen LogP contribution in [0.5, 0.6) is 5.75 Å². The Kier molecular flexibility index (Phi) is 5.44. The third kappa shape index (κ3) is 4.87. The molecule has 2 N–H and O–H groups in total. The molecule has 0 atom stereocenters. The average Bonchev–Trinajstić information content (AvgIpc) is 2.63. The highest BCUT2D eigenvalue weighted by Crippen LogP contribution is 2.35. The molecule has 0 saturated carbocycles. The van der Waals surface area contributed by atoms with Crippen LogP contribution >= 0.6 is 0 Å². The molecule has 0 radical (unpaired) electrons. The largest absolute Gasteiger partial charge is 0.494 e. The van der Waals surface area contributed by atoms with Gasteiger partial charge in [-0.1, -0.05) is 12.1 Å². The lowest BCUT2D eigenvalue weighted by atomic mass is 10.1. The van der Waals surface area contributed by atoms with Crippen molar-refractivity contribution in [2.45, 2.75) is 13.1 Å². The highest BCUT2D eigenvalue weighted by Gasteiger charge is 2.33. The number of hydrogen-bond acceptors (Lipinski definition) is 5. The van der Waals surface area contributed by atoms with Crippen molar-refractivity contribution in [3.8, 4) is 5.75 Å². The van der Waals surface area contributed by atoms with Gasteiger partial charge >= 0.3 is 6.18 Å². The molecule has 0 spiro atoms. The van der Waals surface area contributed by atoms with Crippen molar-refractivity contribution in [1.29, 1.82) is 0 Å². The normalized spacial score (nSPS) is 11.1. The molecule has 3 aromatic rings. The Morgan fingerprint density at radius 2 is 1.70 bits per heavy atom. The zero-order valence-corrected chi connectivity index (χ0v) is 14.4. The maximum atomic E-state index is 13.1. The van der Waals surface area contributed by atoms with E-state index >= 15 is 0 Å². The third-order valence-electron chi connectivity index (χ3n) is 3.57. The molecule has 1 heterocycles. The first-order valence-electron chi connectivity index (χ1n) is 8.22. The van der Waals surface area contributed by atoms with Crippen LogP contribution in [0.25, 0.3) is 0 Å². The summed E-state index contributed by atoms with van der Waals surface area (Å²) in [6.45, 7) is 2.48. The number of para-hydroxylation sites is 1. The van der Waals surface area contributed by atoms with Crippen molar-refractivity contribution in [3.05, 3.63) is 66.4 Å². The van der Waals surface area contributed by atoms with E-state index in [1.807, 2.05) is 31.2 Å². The van der Waals surface area contributed by atoms with E-state index in [1.165, 1.54) is 24.4 Å². The number of hydrogen-bond donors (Lipinski definition) is 2. The summed E-state index contributed by atoms with van der Waals surface area (Å²) in [5.41, 5.74) is -0.125. The quantitative estimate of drug-likeness (QED) is 0.606. The highest BCUT2D eigenvalue weighted by atomic mass is 19.4. The molecule has 0 aliphatic carbocycles. The Morgan fingerprint density at radius 3 is 2.41 bits per heavy atom. The van der Waals surface area contributed by atoms with Crippen molar-refractivity contribution in [2.24, 2.45) is 0 Å². The second-order valence-corrected chi connectivity index (χ2v) is 5.52. The van der Waals surface area contributed by atoms with Crippen molar-refractivity contribution >= 4 is 23.1 Å². The number of nitrogens with one attached hydrogen (secondary N) is 2. The number of ether oxygens (including phenoxy) is 1. The number of benzene rings is 2. The van der Waals surface area contributed by atoms with Crippen molar-refractivity contribution < 1.29 is 17.9 Å². The lowest BCUT2D eigenvalue weighted by Crippen LogP contribution is -2.09. The number of halogens is 3. The van der Waals surface area contributed by atoms with Gasteiger partial charge in [0.1, 0.15) is 11.6 Å². The fourth-order valence-corrected chi connectivity index (χ4v) is 2.40. The third-order valence-corrected chi connectivity index (χ3v) is 3.57. The summed E-state index contributed by atoms with van der Waals surface area (Å²) >= 11 is 0. The average molecular weight is 374 g/mol. The zero-order valence-electron chi connectivity index (χ0n) is 14.4. The van der Waals surface area contributed by atoms with Gasteiger partial charge in [0, 0.05) is 11.9 Å². The first kappa shape index (κ1) is 18.5. The first-order valence-corrected chi connectivity index (χ1v) is 8.22. The van der Waals surface area contributed by atoms with Gasteiger partial charge in [-0.3, -0.25) is 0 Å². The monoisotopic (exact) mass is 374 g/mol. The smallest absolute Gasteiger partial charge is 0.418 e. The molecule has 27 heavy (non-hydrogen) atoms. The van der Waals surface area contributed by atoms with E-state index in [-0.39, 0.29) is 11.6 Å². The Balaban J connectivity index is 1.77. The van der Waals surface area contributed by atoms with Gasteiger partial charge in [-0.25, -0.2) is 4.98 Å². The van der Waals surface area contributed by atoms with Gasteiger partial charge in [0.2, 0.25) is 5.95 Å². The van der Waals surface area contributed by atoms with E-state index in [2.05, 4.69) is 20.6 Å². The molecule has 0 unspecified atom stereocenters.